The summed E-state index contributed by atoms with van der Waals surface area (Å²) in [6, 6.07) is 5.81. The summed E-state index contributed by atoms with van der Waals surface area (Å²) in [4.78, 5) is 11.3. The molecule has 3 rings (SSSR count). The van der Waals surface area contributed by atoms with E-state index in [1.54, 1.807) is 6.07 Å². The van der Waals surface area contributed by atoms with Gasteiger partial charge in [-0.3, -0.25) is 0 Å². The molecule has 4 heteroatoms. The Morgan fingerprint density at radius 3 is 2.95 bits per heavy atom. The van der Waals surface area contributed by atoms with Gasteiger partial charge >= 0.3 is 5.97 Å². The number of carboxylic acid groups (broad SMARTS) is 1. The molecule has 1 aromatic rings. The molecule has 2 aliphatic rings. The average molecular weight is 318 g/mol. The van der Waals surface area contributed by atoms with E-state index in [4.69, 9.17) is 5.26 Å². The lowest BCUT2D eigenvalue weighted by atomic mass is 9.85. The molecule has 0 heterocycles. The van der Waals surface area contributed by atoms with Gasteiger partial charge in [-0.25, -0.2) is 4.79 Å². The monoisotopic (exact) mass is 317 g/mol. The number of benzene rings is 1. The lowest BCUT2D eigenvalue weighted by Gasteiger charge is -2.19. The highest BCUT2D eigenvalue weighted by molar-refractivity contribution is 9.10. The van der Waals surface area contributed by atoms with E-state index in [1.807, 2.05) is 6.07 Å². The van der Waals surface area contributed by atoms with Crippen molar-refractivity contribution < 1.29 is 9.90 Å². The Balaban J connectivity index is 2.11. The molecule has 0 amide bonds. The predicted molar refractivity (Wildman–Crippen MR) is 74.7 cm³/mol. The number of carboxylic acids is 1. The van der Waals surface area contributed by atoms with Crippen LogP contribution in [0.25, 0.3) is 5.57 Å². The van der Waals surface area contributed by atoms with Crippen LogP contribution in [0.1, 0.15) is 40.7 Å². The summed E-state index contributed by atoms with van der Waals surface area (Å²) >= 11 is 3.53. The van der Waals surface area contributed by atoms with Gasteiger partial charge in [0.05, 0.1) is 17.6 Å². The summed E-state index contributed by atoms with van der Waals surface area (Å²) in [7, 11) is 0. The van der Waals surface area contributed by atoms with E-state index in [0.29, 0.717) is 12.0 Å². The zero-order valence-electron chi connectivity index (χ0n) is 10.2. The van der Waals surface area contributed by atoms with Crippen molar-refractivity contribution in [2.45, 2.75) is 25.7 Å². The molecule has 1 atom stereocenters. The van der Waals surface area contributed by atoms with Crippen molar-refractivity contribution in [3.63, 3.8) is 0 Å². The van der Waals surface area contributed by atoms with E-state index in [1.165, 1.54) is 11.1 Å². The quantitative estimate of drug-likeness (QED) is 0.857. The maximum atomic E-state index is 11.3. The Morgan fingerprint density at radius 2 is 2.26 bits per heavy atom. The number of nitrogens with zero attached hydrogens (tertiary/aromatic N) is 1. The molecule has 0 aliphatic heterocycles. The highest BCUT2D eigenvalue weighted by Crippen LogP contribution is 2.46. The van der Waals surface area contributed by atoms with E-state index in [9.17, 15) is 9.90 Å². The third-order valence-electron chi connectivity index (χ3n) is 4.03. The smallest absolute Gasteiger partial charge is 0.335 e. The lowest BCUT2D eigenvalue weighted by molar-refractivity contribution is 0.0696. The largest absolute Gasteiger partial charge is 0.478 e. The average Bonchev–Trinajstić information content (AvgIpc) is 2.77. The molecule has 19 heavy (non-hydrogen) atoms. The minimum Gasteiger partial charge on any atom is -0.478 e. The van der Waals surface area contributed by atoms with Crippen molar-refractivity contribution >= 4 is 27.5 Å². The summed E-state index contributed by atoms with van der Waals surface area (Å²) in [5, 5.41) is 18.3. The van der Waals surface area contributed by atoms with Crippen LogP contribution in [0, 0.1) is 17.2 Å². The van der Waals surface area contributed by atoms with Crippen molar-refractivity contribution in [2.75, 3.05) is 0 Å². The number of carbonyl (C=O) groups is 1. The standard InChI is InChI=1S/C15H12BrNO2/c16-13-4-3-11(15(18)19)12-6-9-5-8(7-17)1-2-10(9)14(12)13/h3-4,8H,1-2,5-6H2,(H,18,19). The summed E-state index contributed by atoms with van der Waals surface area (Å²) < 4.78 is 0.966. The van der Waals surface area contributed by atoms with Gasteiger partial charge in [-0.15, -0.1) is 0 Å². The highest BCUT2D eigenvalue weighted by atomic mass is 79.9. The summed E-state index contributed by atoms with van der Waals surface area (Å²) in [5.41, 5.74) is 4.87. The van der Waals surface area contributed by atoms with Gasteiger partial charge in [-0.05, 0) is 54.5 Å². The van der Waals surface area contributed by atoms with Gasteiger partial charge in [-0.1, -0.05) is 21.5 Å². The van der Waals surface area contributed by atoms with Gasteiger partial charge in [-0.2, -0.15) is 5.26 Å². The molecule has 1 aromatic carbocycles. The zero-order chi connectivity index (χ0) is 13.6. The Kier molecular flexibility index (Phi) is 2.94. The minimum absolute atomic E-state index is 0.0834. The van der Waals surface area contributed by atoms with Crippen LogP contribution in [-0.4, -0.2) is 11.1 Å². The first kappa shape index (κ1) is 12.4. The van der Waals surface area contributed by atoms with Crippen LogP contribution in [0.2, 0.25) is 0 Å². The summed E-state index contributed by atoms with van der Waals surface area (Å²) in [6.45, 7) is 0. The van der Waals surface area contributed by atoms with Crippen molar-refractivity contribution in [1.29, 1.82) is 5.26 Å². The Morgan fingerprint density at radius 1 is 1.47 bits per heavy atom. The molecule has 0 saturated heterocycles. The van der Waals surface area contributed by atoms with Gasteiger partial charge in [0.1, 0.15) is 0 Å². The van der Waals surface area contributed by atoms with Crippen LogP contribution in [0.4, 0.5) is 0 Å². The highest BCUT2D eigenvalue weighted by Gasteiger charge is 2.32. The summed E-state index contributed by atoms with van der Waals surface area (Å²) in [5.74, 6) is -0.791. The predicted octanol–water partition coefficient (Wildman–Crippen LogP) is 3.78. The summed E-state index contributed by atoms with van der Waals surface area (Å²) in [6.07, 6.45) is 3.22. The normalized spacial score (nSPS) is 20.7. The minimum atomic E-state index is -0.875. The Labute approximate surface area is 119 Å². The number of fused-ring (bicyclic) bond motifs is 2. The first-order valence-electron chi connectivity index (χ1n) is 6.27. The number of rotatable bonds is 1. The molecule has 0 radical (unpaired) electrons. The van der Waals surface area contributed by atoms with E-state index in [2.05, 4.69) is 22.0 Å². The molecule has 0 spiro atoms. The van der Waals surface area contributed by atoms with E-state index in [0.717, 1.165) is 34.9 Å². The SMILES string of the molecule is N#CC1CCC2=C(Cc3c(C(=O)O)ccc(Br)c32)C1. The first-order chi connectivity index (χ1) is 9.11. The van der Waals surface area contributed by atoms with Crippen molar-refractivity contribution in [2.24, 2.45) is 5.92 Å². The molecule has 0 saturated carbocycles. The number of aromatic carboxylic acids is 1. The van der Waals surface area contributed by atoms with Crippen LogP contribution < -0.4 is 0 Å². The second-order valence-corrected chi connectivity index (χ2v) is 5.94. The fourth-order valence-electron chi connectivity index (χ4n) is 3.15. The molecule has 0 bridgehead atoms. The third kappa shape index (κ3) is 1.89. The fourth-order valence-corrected chi connectivity index (χ4v) is 3.76. The van der Waals surface area contributed by atoms with Gasteiger partial charge in [0.15, 0.2) is 0 Å². The van der Waals surface area contributed by atoms with Gasteiger partial charge in [0, 0.05) is 4.47 Å². The van der Waals surface area contributed by atoms with Crippen molar-refractivity contribution in [3.05, 3.63) is 38.9 Å². The molecular weight excluding hydrogens is 306 g/mol. The van der Waals surface area contributed by atoms with Crippen LogP contribution in [0.3, 0.4) is 0 Å². The molecule has 0 fully saturated rings. The Bertz CT molecular complexity index is 655. The topological polar surface area (TPSA) is 61.1 Å². The molecule has 96 valence electrons. The second kappa shape index (κ2) is 4.50. The van der Waals surface area contributed by atoms with Crippen molar-refractivity contribution in [3.8, 4) is 6.07 Å². The van der Waals surface area contributed by atoms with E-state index < -0.39 is 5.97 Å². The molecule has 1 unspecified atom stereocenters. The molecular formula is C15H12BrNO2. The number of allylic oxidation sites excluding steroid dienone is 2. The van der Waals surface area contributed by atoms with Crippen molar-refractivity contribution in [1.82, 2.24) is 0 Å². The zero-order valence-corrected chi connectivity index (χ0v) is 11.8. The fraction of sp³-hybridized carbons (Fsp3) is 0.333. The maximum absolute atomic E-state index is 11.3. The van der Waals surface area contributed by atoms with Crippen LogP contribution in [-0.2, 0) is 6.42 Å². The van der Waals surface area contributed by atoms with Gasteiger partial charge < -0.3 is 5.11 Å². The number of hydrogen-bond donors (Lipinski definition) is 1. The number of hydrogen-bond acceptors (Lipinski definition) is 2. The van der Waals surface area contributed by atoms with Gasteiger partial charge in [0.2, 0.25) is 0 Å². The van der Waals surface area contributed by atoms with Gasteiger partial charge in [0.25, 0.3) is 0 Å². The number of halogens is 1. The number of nitriles is 1. The molecule has 1 N–H and O–H groups in total. The lowest BCUT2D eigenvalue weighted by Crippen LogP contribution is -2.06. The van der Waals surface area contributed by atoms with Crippen LogP contribution in [0.15, 0.2) is 22.2 Å². The van der Waals surface area contributed by atoms with E-state index in [-0.39, 0.29) is 5.92 Å². The Hall–Kier alpha value is -1.60. The van der Waals surface area contributed by atoms with Crippen LogP contribution >= 0.6 is 15.9 Å². The first-order valence-corrected chi connectivity index (χ1v) is 7.06. The third-order valence-corrected chi connectivity index (χ3v) is 4.69. The maximum Gasteiger partial charge on any atom is 0.335 e. The molecule has 0 aromatic heterocycles. The van der Waals surface area contributed by atoms with Crippen LogP contribution in [0.5, 0.6) is 0 Å². The molecule has 2 aliphatic carbocycles. The molecule has 3 nitrogen and oxygen atoms in total. The second-order valence-electron chi connectivity index (χ2n) is 5.08. The van der Waals surface area contributed by atoms with E-state index >= 15 is 0 Å².